The quantitative estimate of drug-likeness (QED) is 0.694. The van der Waals surface area contributed by atoms with E-state index in [2.05, 4.69) is 5.32 Å². The van der Waals surface area contributed by atoms with Crippen molar-refractivity contribution < 1.29 is 14.6 Å². The highest BCUT2D eigenvalue weighted by atomic mass is 35.5. The number of nitrogens with one attached hydrogen (secondary N) is 1. The largest absolute Gasteiger partial charge is 0.491 e. The molecule has 5 heteroatoms. The van der Waals surface area contributed by atoms with E-state index >= 15 is 0 Å². The summed E-state index contributed by atoms with van der Waals surface area (Å²) in [4.78, 5) is 0. The zero-order valence-corrected chi connectivity index (χ0v) is 10.7. The maximum atomic E-state index is 8.54. The number of benzene rings is 1. The van der Waals surface area contributed by atoms with Crippen molar-refractivity contribution in [2.75, 3.05) is 33.5 Å². The van der Waals surface area contributed by atoms with Gasteiger partial charge < -0.3 is 19.9 Å². The SMILES string of the molecule is CNCc1c(Cl)cccc1OCCOCCO. The third-order valence-corrected chi connectivity index (χ3v) is 2.50. The van der Waals surface area contributed by atoms with Crippen molar-refractivity contribution in [3.8, 4) is 5.75 Å². The molecule has 0 aliphatic heterocycles. The summed E-state index contributed by atoms with van der Waals surface area (Å²) in [5.41, 5.74) is 0.943. The third kappa shape index (κ3) is 4.91. The summed E-state index contributed by atoms with van der Waals surface area (Å²) in [7, 11) is 1.86. The Hall–Kier alpha value is -0.810. The minimum Gasteiger partial charge on any atom is -0.491 e. The first-order chi connectivity index (χ1) is 8.29. The highest BCUT2D eigenvalue weighted by molar-refractivity contribution is 6.31. The fraction of sp³-hybridized carbons (Fsp3) is 0.500. The molecule has 0 saturated heterocycles. The first-order valence-electron chi connectivity index (χ1n) is 5.53. The smallest absolute Gasteiger partial charge is 0.125 e. The van der Waals surface area contributed by atoms with E-state index in [4.69, 9.17) is 26.2 Å². The number of aliphatic hydroxyl groups excluding tert-OH is 1. The van der Waals surface area contributed by atoms with Gasteiger partial charge in [-0.3, -0.25) is 0 Å². The molecule has 0 spiro atoms. The average Bonchev–Trinajstić information content (AvgIpc) is 2.33. The lowest BCUT2D eigenvalue weighted by Crippen LogP contribution is -2.12. The van der Waals surface area contributed by atoms with Crippen molar-refractivity contribution >= 4 is 11.6 Å². The molecule has 17 heavy (non-hydrogen) atoms. The van der Waals surface area contributed by atoms with E-state index in [1.807, 2.05) is 25.2 Å². The number of aliphatic hydroxyl groups is 1. The normalized spacial score (nSPS) is 10.5. The maximum absolute atomic E-state index is 8.54. The van der Waals surface area contributed by atoms with Crippen molar-refractivity contribution in [3.05, 3.63) is 28.8 Å². The van der Waals surface area contributed by atoms with Crippen LogP contribution in [-0.4, -0.2) is 38.6 Å². The van der Waals surface area contributed by atoms with Gasteiger partial charge in [0, 0.05) is 17.1 Å². The summed E-state index contributed by atoms with van der Waals surface area (Å²) < 4.78 is 10.7. The summed E-state index contributed by atoms with van der Waals surface area (Å²) in [6.45, 7) is 1.92. The Morgan fingerprint density at radius 3 is 2.82 bits per heavy atom. The van der Waals surface area contributed by atoms with Crippen LogP contribution in [0.5, 0.6) is 5.75 Å². The summed E-state index contributed by atoms with van der Waals surface area (Å²) >= 11 is 6.09. The Labute approximate surface area is 106 Å². The highest BCUT2D eigenvalue weighted by Gasteiger charge is 2.06. The van der Waals surface area contributed by atoms with Crippen molar-refractivity contribution in [2.24, 2.45) is 0 Å². The van der Waals surface area contributed by atoms with Crippen LogP contribution in [0.1, 0.15) is 5.56 Å². The Morgan fingerprint density at radius 2 is 2.12 bits per heavy atom. The van der Waals surface area contributed by atoms with E-state index in [0.29, 0.717) is 31.4 Å². The van der Waals surface area contributed by atoms with E-state index in [0.717, 1.165) is 11.3 Å². The lowest BCUT2D eigenvalue weighted by molar-refractivity contribution is 0.0703. The molecule has 1 aromatic rings. The van der Waals surface area contributed by atoms with E-state index in [1.54, 1.807) is 0 Å². The van der Waals surface area contributed by atoms with Gasteiger partial charge in [-0.2, -0.15) is 0 Å². The molecular weight excluding hydrogens is 242 g/mol. The molecule has 96 valence electrons. The molecule has 0 aliphatic carbocycles. The lowest BCUT2D eigenvalue weighted by atomic mass is 10.2. The molecule has 0 heterocycles. The molecule has 0 atom stereocenters. The van der Waals surface area contributed by atoms with Crippen LogP contribution in [-0.2, 0) is 11.3 Å². The zero-order chi connectivity index (χ0) is 12.5. The van der Waals surface area contributed by atoms with Crippen molar-refractivity contribution in [1.82, 2.24) is 5.32 Å². The van der Waals surface area contributed by atoms with Gasteiger partial charge >= 0.3 is 0 Å². The van der Waals surface area contributed by atoms with E-state index in [-0.39, 0.29) is 6.61 Å². The summed E-state index contributed by atoms with van der Waals surface area (Å²) in [5.74, 6) is 0.763. The van der Waals surface area contributed by atoms with Gasteiger partial charge in [0.1, 0.15) is 12.4 Å². The van der Waals surface area contributed by atoms with Crippen LogP contribution < -0.4 is 10.1 Å². The molecule has 0 radical (unpaired) electrons. The fourth-order valence-electron chi connectivity index (χ4n) is 1.40. The van der Waals surface area contributed by atoms with E-state index in [9.17, 15) is 0 Å². The predicted molar refractivity (Wildman–Crippen MR) is 67.6 cm³/mol. The molecule has 0 aromatic heterocycles. The van der Waals surface area contributed by atoms with Gasteiger partial charge in [-0.25, -0.2) is 0 Å². The first kappa shape index (κ1) is 14.3. The minimum absolute atomic E-state index is 0.0299. The Kier molecular flexibility index (Phi) is 6.96. The second kappa shape index (κ2) is 8.31. The van der Waals surface area contributed by atoms with Gasteiger partial charge in [0.25, 0.3) is 0 Å². The Bertz CT molecular complexity index is 334. The van der Waals surface area contributed by atoms with Crippen LogP contribution in [0.4, 0.5) is 0 Å². The van der Waals surface area contributed by atoms with Gasteiger partial charge in [0.15, 0.2) is 0 Å². The first-order valence-corrected chi connectivity index (χ1v) is 5.90. The van der Waals surface area contributed by atoms with Gasteiger partial charge in [-0.1, -0.05) is 17.7 Å². The van der Waals surface area contributed by atoms with Crippen LogP contribution in [0.3, 0.4) is 0 Å². The topological polar surface area (TPSA) is 50.7 Å². The minimum atomic E-state index is 0.0299. The summed E-state index contributed by atoms with van der Waals surface area (Å²) in [6.07, 6.45) is 0. The van der Waals surface area contributed by atoms with Gasteiger partial charge in [-0.05, 0) is 19.2 Å². The molecule has 0 bridgehead atoms. The molecule has 0 aliphatic rings. The van der Waals surface area contributed by atoms with Crippen LogP contribution >= 0.6 is 11.6 Å². The molecular formula is C12H18ClNO3. The van der Waals surface area contributed by atoms with Crippen molar-refractivity contribution in [2.45, 2.75) is 6.54 Å². The molecule has 4 nitrogen and oxygen atoms in total. The van der Waals surface area contributed by atoms with Gasteiger partial charge in [-0.15, -0.1) is 0 Å². The average molecular weight is 260 g/mol. The van der Waals surface area contributed by atoms with Crippen LogP contribution in [0.2, 0.25) is 5.02 Å². The summed E-state index contributed by atoms with van der Waals surface area (Å²) in [5, 5.41) is 12.3. The fourth-order valence-corrected chi connectivity index (χ4v) is 1.63. The molecule has 0 unspecified atom stereocenters. The van der Waals surface area contributed by atoms with Crippen LogP contribution in [0.15, 0.2) is 18.2 Å². The molecule has 0 saturated carbocycles. The molecule has 1 aromatic carbocycles. The third-order valence-electron chi connectivity index (χ3n) is 2.15. The molecule has 2 N–H and O–H groups in total. The molecule has 0 fully saturated rings. The van der Waals surface area contributed by atoms with Crippen LogP contribution in [0.25, 0.3) is 0 Å². The van der Waals surface area contributed by atoms with E-state index in [1.165, 1.54) is 0 Å². The summed E-state index contributed by atoms with van der Waals surface area (Å²) in [6, 6.07) is 5.57. The molecule has 0 amide bonds. The van der Waals surface area contributed by atoms with E-state index < -0.39 is 0 Å². The lowest BCUT2D eigenvalue weighted by Gasteiger charge is -2.12. The second-order valence-electron chi connectivity index (χ2n) is 3.43. The standard InChI is InChI=1S/C12H18ClNO3/c1-14-9-10-11(13)3-2-4-12(10)17-8-7-16-6-5-15/h2-4,14-15H,5-9H2,1H3. The van der Waals surface area contributed by atoms with Crippen molar-refractivity contribution in [1.29, 1.82) is 0 Å². The second-order valence-corrected chi connectivity index (χ2v) is 3.84. The number of hydrogen-bond acceptors (Lipinski definition) is 4. The molecule has 1 rings (SSSR count). The maximum Gasteiger partial charge on any atom is 0.125 e. The highest BCUT2D eigenvalue weighted by Crippen LogP contribution is 2.26. The number of ether oxygens (including phenoxy) is 2. The van der Waals surface area contributed by atoms with Crippen molar-refractivity contribution in [3.63, 3.8) is 0 Å². The monoisotopic (exact) mass is 259 g/mol. The predicted octanol–water partition coefficient (Wildman–Crippen LogP) is 1.45. The van der Waals surface area contributed by atoms with Gasteiger partial charge in [0.2, 0.25) is 0 Å². The number of halogens is 1. The number of hydrogen-bond donors (Lipinski definition) is 2. The zero-order valence-electron chi connectivity index (χ0n) is 9.91. The number of rotatable bonds is 8. The van der Waals surface area contributed by atoms with Gasteiger partial charge in [0.05, 0.1) is 19.8 Å². The van der Waals surface area contributed by atoms with Crippen LogP contribution in [0, 0.1) is 0 Å². The Morgan fingerprint density at radius 1 is 1.29 bits per heavy atom. The Balaban J connectivity index is 2.48.